The Bertz CT molecular complexity index is 800. The fraction of sp³-hybridized carbons (Fsp3) is 0.400. The Morgan fingerprint density at radius 2 is 1.80 bits per heavy atom. The van der Waals surface area contributed by atoms with Gasteiger partial charge in [-0.15, -0.1) is 0 Å². The number of methoxy groups -OCH3 is 1. The molecule has 2 atom stereocenters. The molecule has 0 aliphatic carbocycles. The van der Waals surface area contributed by atoms with E-state index in [1.54, 1.807) is 7.11 Å². The fourth-order valence-corrected chi connectivity index (χ4v) is 5.46. The molecule has 0 N–H and O–H groups in total. The lowest BCUT2D eigenvalue weighted by molar-refractivity contribution is 0.109. The maximum Gasteiger partial charge on any atom is 0.135 e. The molecule has 0 aromatic heterocycles. The summed E-state index contributed by atoms with van der Waals surface area (Å²) in [6.07, 6.45) is 0.895. The van der Waals surface area contributed by atoms with Gasteiger partial charge >= 0.3 is 0 Å². The monoisotopic (exact) mass is 356 g/mol. The van der Waals surface area contributed by atoms with Crippen molar-refractivity contribution in [2.24, 2.45) is 0 Å². The molecule has 132 valence electrons. The number of benzene rings is 2. The van der Waals surface area contributed by atoms with Gasteiger partial charge in [0.05, 0.1) is 22.8 Å². The van der Waals surface area contributed by atoms with Crippen molar-refractivity contribution in [3.8, 4) is 5.75 Å². The molecule has 4 nitrogen and oxygen atoms in total. The van der Waals surface area contributed by atoms with Crippen molar-refractivity contribution in [1.82, 2.24) is 9.80 Å². The maximum absolute atomic E-state index is 13.4. The lowest BCUT2D eigenvalue weighted by Gasteiger charge is -2.38. The Labute approximate surface area is 151 Å². The van der Waals surface area contributed by atoms with Gasteiger partial charge in [-0.05, 0) is 36.7 Å². The zero-order valence-electron chi connectivity index (χ0n) is 14.8. The summed E-state index contributed by atoms with van der Waals surface area (Å²) in [7, 11) is 2.62. The first kappa shape index (κ1) is 16.8. The highest BCUT2D eigenvalue weighted by Gasteiger charge is 2.33. The maximum atomic E-state index is 13.4. The summed E-state index contributed by atoms with van der Waals surface area (Å²) >= 11 is 0. The Morgan fingerprint density at radius 1 is 1.04 bits per heavy atom. The topological polar surface area (TPSA) is 32.8 Å². The van der Waals surface area contributed by atoms with Crippen LogP contribution < -0.4 is 4.74 Å². The zero-order chi connectivity index (χ0) is 17.4. The van der Waals surface area contributed by atoms with Crippen molar-refractivity contribution in [1.29, 1.82) is 0 Å². The van der Waals surface area contributed by atoms with Crippen molar-refractivity contribution in [3.05, 3.63) is 53.6 Å². The van der Waals surface area contributed by atoms with Gasteiger partial charge in [0.25, 0.3) is 0 Å². The van der Waals surface area contributed by atoms with E-state index in [0.29, 0.717) is 0 Å². The van der Waals surface area contributed by atoms with E-state index in [1.807, 2.05) is 30.3 Å². The molecule has 5 heteroatoms. The Balaban J connectivity index is 1.85. The van der Waals surface area contributed by atoms with E-state index in [2.05, 4.69) is 29.0 Å². The average molecular weight is 356 g/mol. The van der Waals surface area contributed by atoms with Crippen LogP contribution in [0.25, 0.3) is 0 Å². The van der Waals surface area contributed by atoms with Gasteiger partial charge in [-0.25, -0.2) is 4.21 Å². The molecule has 1 fully saturated rings. The second kappa shape index (κ2) is 6.90. The van der Waals surface area contributed by atoms with E-state index in [9.17, 15) is 4.21 Å². The summed E-state index contributed by atoms with van der Waals surface area (Å²) in [5, 5.41) is 0. The summed E-state index contributed by atoms with van der Waals surface area (Å²) in [5.74, 6) is 0.728. The number of likely N-dealkylation sites (N-methyl/N-ethyl adjacent to an activating group) is 1. The van der Waals surface area contributed by atoms with Crippen LogP contribution in [-0.2, 0) is 17.2 Å². The minimum Gasteiger partial charge on any atom is -0.495 e. The van der Waals surface area contributed by atoms with Gasteiger partial charge in [-0.1, -0.05) is 30.3 Å². The minimum atomic E-state index is -1.21. The Morgan fingerprint density at radius 3 is 2.56 bits per heavy atom. The lowest BCUT2D eigenvalue weighted by atomic mass is 9.96. The van der Waals surface area contributed by atoms with Crippen molar-refractivity contribution in [2.45, 2.75) is 22.3 Å². The van der Waals surface area contributed by atoms with Crippen LogP contribution in [0.5, 0.6) is 5.75 Å². The van der Waals surface area contributed by atoms with Crippen LogP contribution in [0.1, 0.15) is 17.2 Å². The van der Waals surface area contributed by atoms with Crippen LogP contribution in [0.4, 0.5) is 0 Å². The highest BCUT2D eigenvalue weighted by atomic mass is 32.2. The van der Waals surface area contributed by atoms with Gasteiger partial charge in [-0.2, -0.15) is 0 Å². The first-order valence-electron chi connectivity index (χ1n) is 8.78. The molecule has 2 heterocycles. The molecule has 0 spiro atoms. The number of hydrogen-bond donors (Lipinski definition) is 0. The summed E-state index contributed by atoms with van der Waals surface area (Å²) in [6.45, 7) is 4.21. The molecule has 25 heavy (non-hydrogen) atoms. The third kappa shape index (κ3) is 3.01. The van der Waals surface area contributed by atoms with Crippen LogP contribution in [0.2, 0.25) is 0 Å². The molecule has 0 bridgehead atoms. The predicted octanol–water partition coefficient (Wildman–Crippen LogP) is 2.71. The second-order valence-corrected chi connectivity index (χ2v) is 8.20. The highest BCUT2D eigenvalue weighted by molar-refractivity contribution is 7.85. The van der Waals surface area contributed by atoms with Crippen molar-refractivity contribution in [2.75, 3.05) is 40.3 Å². The summed E-state index contributed by atoms with van der Waals surface area (Å²) in [6, 6.07) is 14.4. The number of piperazine rings is 1. The SMILES string of the molecule is COc1cccc2c1S(=O)c1ccccc1CC2N1CCN(C)CC1. The first-order chi connectivity index (χ1) is 12.2. The molecule has 1 saturated heterocycles. The van der Waals surface area contributed by atoms with Gasteiger partial charge in [0.1, 0.15) is 5.75 Å². The molecular formula is C20H24N2O2S. The normalized spacial score (nSPS) is 24.2. The average Bonchev–Trinajstić information content (AvgIpc) is 2.78. The molecule has 2 unspecified atom stereocenters. The molecule has 2 aromatic rings. The predicted molar refractivity (Wildman–Crippen MR) is 99.6 cm³/mol. The number of ether oxygens (including phenoxy) is 1. The van der Waals surface area contributed by atoms with E-state index >= 15 is 0 Å². The molecule has 0 saturated carbocycles. The molecular weight excluding hydrogens is 332 g/mol. The van der Waals surface area contributed by atoms with E-state index < -0.39 is 10.8 Å². The molecule has 0 radical (unpaired) electrons. The summed E-state index contributed by atoms with van der Waals surface area (Å²) in [4.78, 5) is 6.67. The van der Waals surface area contributed by atoms with E-state index in [-0.39, 0.29) is 6.04 Å². The van der Waals surface area contributed by atoms with Crippen LogP contribution in [0.15, 0.2) is 52.3 Å². The third-order valence-electron chi connectivity index (χ3n) is 5.34. The number of fused-ring (bicyclic) bond motifs is 2. The molecule has 0 amide bonds. The van der Waals surface area contributed by atoms with Crippen LogP contribution in [-0.4, -0.2) is 54.3 Å². The number of hydrogen-bond acceptors (Lipinski definition) is 4. The first-order valence-corrected chi connectivity index (χ1v) is 9.93. The number of nitrogens with zero attached hydrogens (tertiary/aromatic N) is 2. The van der Waals surface area contributed by atoms with Crippen LogP contribution >= 0.6 is 0 Å². The van der Waals surface area contributed by atoms with Gasteiger partial charge in [-0.3, -0.25) is 4.90 Å². The zero-order valence-corrected chi connectivity index (χ0v) is 15.6. The molecule has 4 rings (SSSR count). The molecule has 2 aliphatic heterocycles. The largest absolute Gasteiger partial charge is 0.495 e. The standard InChI is InChI=1S/C20H24N2O2S/c1-21-10-12-22(13-11-21)17-14-15-6-3-4-9-19(15)25(23)20-16(17)7-5-8-18(20)24-2/h3-9,17H,10-14H2,1-2H3. The van der Waals surface area contributed by atoms with Crippen molar-refractivity contribution >= 4 is 10.8 Å². The number of rotatable bonds is 2. The van der Waals surface area contributed by atoms with Crippen LogP contribution in [0.3, 0.4) is 0 Å². The van der Waals surface area contributed by atoms with E-state index in [4.69, 9.17) is 4.74 Å². The van der Waals surface area contributed by atoms with Gasteiger partial charge in [0, 0.05) is 37.1 Å². The molecule has 2 aliphatic rings. The minimum absolute atomic E-state index is 0.242. The third-order valence-corrected chi connectivity index (χ3v) is 6.94. The Kier molecular flexibility index (Phi) is 4.63. The van der Waals surface area contributed by atoms with E-state index in [1.165, 1.54) is 5.56 Å². The van der Waals surface area contributed by atoms with Crippen LogP contribution in [0, 0.1) is 0 Å². The smallest absolute Gasteiger partial charge is 0.135 e. The lowest BCUT2D eigenvalue weighted by Crippen LogP contribution is -2.46. The van der Waals surface area contributed by atoms with E-state index in [0.717, 1.165) is 53.7 Å². The second-order valence-electron chi connectivity index (χ2n) is 6.81. The van der Waals surface area contributed by atoms with Gasteiger partial charge < -0.3 is 9.64 Å². The van der Waals surface area contributed by atoms with Gasteiger partial charge in [0.15, 0.2) is 0 Å². The summed E-state index contributed by atoms with van der Waals surface area (Å²) in [5.41, 5.74) is 2.33. The highest BCUT2D eigenvalue weighted by Crippen LogP contribution is 2.41. The molecule has 2 aromatic carbocycles. The van der Waals surface area contributed by atoms with Crippen molar-refractivity contribution in [3.63, 3.8) is 0 Å². The van der Waals surface area contributed by atoms with Crippen molar-refractivity contribution < 1.29 is 8.95 Å². The van der Waals surface area contributed by atoms with Gasteiger partial charge in [0.2, 0.25) is 0 Å². The quantitative estimate of drug-likeness (QED) is 0.828. The Hall–Kier alpha value is -1.69. The summed E-state index contributed by atoms with van der Waals surface area (Å²) < 4.78 is 19.0. The fourth-order valence-electron chi connectivity index (χ4n) is 3.90.